The van der Waals surface area contributed by atoms with Crippen molar-refractivity contribution in [3.63, 3.8) is 0 Å². The van der Waals surface area contributed by atoms with Gasteiger partial charge in [0.25, 0.3) is 5.91 Å². The molecule has 1 aliphatic heterocycles. The molecule has 0 bridgehead atoms. The molecule has 2 atom stereocenters. The molecule has 4 rings (SSSR count). The molecule has 1 amide bonds. The molecule has 134 valence electrons. The number of likely N-dealkylation sites (tertiary alicyclic amines) is 1. The lowest BCUT2D eigenvalue weighted by Crippen LogP contribution is -2.29. The SMILES string of the molecule is Cc1cc(C(=O)N2C[C@@H](Cc3cnccn3)[C@H](O)C2)cc2sc(N)nc12. The fraction of sp³-hybridized carbons (Fsp3) is 0.333. The number of nitrogens with zero attached hydrogens (tertiary/aromatic N) is 4. The van der Waals surface area contributed by atoms with Crippen LogP contribution in [-0.4, -0.2) is 50.1 Å². The van der Waals surface area contributed by atoms with E-state index in [0.29, 0.717) is 30.2 Å². The molecule has 1 aromatic carbocycles. The average molecular weight is 369 g/mol. The van der Waals surface area contributed by atoms with Gasteiger partial charge in [-0.3, -0.25) is 14.8 Å². The number of aryl methyl sites for hydroxylation is 1. The predicted molar refractivity (Wildman–Crippen MR) is 99.9 cm³/mol. The van der Waals surface area contributed by atoms with Crippen LogP contribution in [0.3, 0.4) is 0 Å². The number of aliphatic hydroxyl groups is 1. The Kier molecular flexibility index (Phi) is 4.29. The first-order valence-corrected chi connectivity index (χ1v) is 9.22. The van der Waals surface area contributed by atoms with E-state index in [2.05, 4.69) is 15.0 Å². The Bertz CT molecular complexity index is 959. The van der Waals surface area contributed by atoms with E-state index >= 15 is 0 Å². The average Bonchev–Trinajstić information content (AvgIpc) is 3.18. The van der Waals surface area contributed by atoms with Crippen LogP contribution in [0.2, 0.25) is 0 Å². The van der Waals surface area contributed by atoms with Gasteiger partial charge in [-0.2, -0.15) is 0 Å². The van der Waals surface area contributed by atoms with Gasteiger partial charge in [0.05, 0.1) is 22.0 Å². The summed E-state index contributed by atoms with van der Waals surface area (Å²) < 4.78 is 0.904. The molecule has 3 N–H and O–H groups in total. The summed E-state index contributed by atoms with van der Waals surface area (Å²) in [7, 11) is 0. The van der Waals surface area contributed by atoms with Crippen molar-refractivity contribution in [2.24, 2.45) is 5.92 Å². The molecule has 0 radical (unpaired) electrons. The van der Waals surface area contributed by atoms with Crippen LogP contribution in [0.5, 0.6) is 0 Å². The highest BCUT2D eigenvalue weighted by molar-refractivity contribution is 7.22. The summed E-state index contributed by atoms with van der Waals surface area (Å²) in [5, 5.41) is 10.9. The molecule has 1 aliphatic rings. The minimum absolute atomic E-state index is 0.0421. The number of anilines is 1. The maximum atomic E-state index is 12.9. The highest BCUT2D eigenvalue weighted by atomic mass is 32.1. The van der Waals surface area contributed by atoms with Crippen LogP contribution in [0, 0.1) is 12.8 Å². The Balaban J connectivity index is 1.53. The van der Waals surface area contributed by atoms with Gasteiger partial charge in [0.15, 0.2) is 5.13 Å². The number of hydrogen-bond donors (Lipinski definition) is 2. The molecule has 3 aromatic rings. The van der Waals surface area contributed by atoms with Crippen molar-refractivity contribution >= 4 is 32.6 Å². The molecule has 1 saturated heterocycles. The van der Waals surface area contributed by atoms with E-state index in [1.54, 1.807) is 23.5 Å². The third kappa shape index (κ3) is 3.13. The van der Waals surface area contributed by atoms with Crippen molar-refractivity contribution in [2.75, 3.05) is 18.8 Å². The lowest BCUT2D eigenvalue weighted by atomic mass is 10.0. The van der Waals surface area contributed by atoms with E-state index in [1.165, 1.54) is 11.3 Å². The van der Waals surface area contributed by atoms with Crippen LogP contribution in [-0.2, 0) is 6.42 Å². The van der Waals surface area contributed by atoms with Crippen LogP contribution < -0.4 is 5.73 Å². The molecular weight excluding hydrogens is 350 g/mol. The van der Waals surface area contributed by atoms with Crippen LogP contribution >= 0.6 is 11.3 Å². The number of amides is 1. The zero-order chi connectivity index (χ0) is 18.3. The molecule has 1 fully saturated rings. The molecule has 0 unspecified atom stereocenters. The second kappa shape index (κ2) is 6.62. The van der Waals surface area contributed by atoms with E-state index in [-0.39, 0.29) is 11.8 Å². The number of nitrogen functional groups attached to an aromatic ring is 1. The van der Waals surface area contributed by atoms with Crippen molar-refractivity contribution < 1.29 is 9.90 Å². The molecule has 26 heavy (non-hydrogen) atoms. The number of nitrogens with two attached hydrogens (primary N) is 1. The highest BCUT2D eigenvalue weighted by Crippen LogP contribution is 2.29. The summed E-state index contributed by atoms with van der Waals surface area (Å²) >= 11 is 1.37. The summed E-state index contributed by atoms with van der Waals surface area (Å²) in [5.41, 5.74) is 8.98. The first kappa shape index (κ1) is 16.9. The van der Waals surface area contributed by atoms with Crippen LogP contribution in [0.1, 0.15) is 21.6 Å². The van der Waals surface area contributed by atoms with E-state index in [9.17, 15) is 9.90 Å². The van der Waals surface area contributed by atoms with Gasteiger partial charge in [-0.25, -0.2) is 4.98 Å². The van der Waals surface area contributed by atoms with Crippen molar-refractivity contribution in [3.8, 4) is 0 Å². The topological polar surface area (TPSA) is 105 Å². The van der Waals surface area contributed by atoms with E-state index in [0.717, 1.165) is 21.5 Å². The van der Waals surface area contributed by atoms with E-state index in [1.807, 2.05) is 19.1 Å². The fourth-order valence-electron chi connectivity index (χ4n) is 3.44. The zero-order valence-corrected chi connectivity index (χ0v) is 15.1. The quantitative estimate of drug-likeness (QED) is 0.727. The van der Waals surface area contributed by atoms with E-state index < -0.39 is 6.10 Å². The van der Waals surface area contributed by atoms with Crippen LogP contribution in [0.4, 0.5) is 5.13 Å². The number of benzene rings is 1. The zero-order valence-electron chi connectivity index (χ0n) is 14.3. The lowest BCUT2D eigenvalue weighted by Gasteiger charge is -2.16. The molecule has 0 saturated carbocycles. The summed E-state index contributed by atoms with van der Waals surface area (Å²) in [4.78, 5) is 27.3. The molecule has 3 heterocycles. The Labute approximate surface area is 154 Å². The predicted octanol–water partition coefficient (Wildman–Crippen LogP) is 1.65. The molecule has 0 aliphatic carbocycles. The molecule has 7 nitrogen and oxygen atoms in total. The van der Waals surface area contributed by atoms with Crippen LogP contribution in [0.15, 0.2) is 30.7 Å². The first-order valence-electron chi connectivity index (χ1n) is 8.40. The number of aromatic nitrogens is 3. The third-order valence-electron chi connectivity index (χ3n) is 4.73. The van der Waals surface area contributed by atoms with E-state index in [4.69, 9.17) is 5.73 Å². The Morgan fingerprint density at radius 2 is 2.23 bits per heavy atom. The van der Waals surface area contributed by atoms with Crippen molar-refractivity contribution in [2.45, 2.75) is 19.4 Å². The monoisotopic (exact) mass is 369 g/mol. The number of aliphatic hydroxyl groups excluding tert-OH is 1. The summed E-state index contributed by atoms with van der Waals surface area (Å²) in [6.07, 6.45) is 4.99. The fourth-order valence-corrected chi connectivity index (χ4v) is 4.30. The van der Waals surface area contributed by atoms with Gasteiger partial charge in [-0.05, 0) is 31.0 Å². The van der Waals surface area contributed by atoms with Crippen LogP contribution in [0.25, 0.3) is 10.2 Å². The van der Waals surface area contributed by atoms with Gasteiger partial charge in [0.2, 0.25) is 0 Å². The Morgan fingerprint density at radius 3 is 3.00 bits per heavy atom. The standard InChI is InChI=1S/C18H19N5O2S/c1-10-4-11(6-15-16(10)22-18(19)26-15)17(25)23-8-12(14(24)9-23)5-13-7-20-2-3-21-13/h2-4,6-7,12,14,24H,5,8-9H2,1H3,(H2,19,22)/t12-,14-/m1/s1. The second-order valence-corrected chi connectivity index (χ2v) is 7.69. The molecule has 2 aromatic heterocycles. The molecular formula is C18H19N5O2S. The highest BCUT2D eigenvalue weighted by Gasteiger charge is 2.34. The summed E-state index contributed by atoms with van der Waals surface area (Å²) in [6.45, 7) is 2.75. The number of carbonyl (C=O) groups is 1. The van der Waals surface area contributed by atoms with Gasteiger partial charge >= 0.3 is 0 Å². The number of rotatable bonds is 3. The Hall–Kier alpha value is -2.58. The number of fused-ring (bicyclic) bond motifs is 1. The maximum absolute atomic E-state index is 12.9. The Morgan fingerprint density at radius 1 is 1.38 bits per heavy atom. The van der Waals surface area contributed by atoms with Gasteiger partial charge in [-0.1, -0.05) is 11.3 Å². The second-order valence-electron chi connectivity index (χ2n) is 6.63. The summed E-state index contributed by atoms with van der Waals surface area (Å²) in [6, 6.07) is 3.67. The van der Waals surface area contributed by atoms with Gasteiger partial charge in [0, 0.05) is 43.2 Å². The number of thiazole rings is 1. The first-order chi connectivity index (χ1) is 12.5. The largest absolute Gasteiger partial charge is 0.391 e. The van der Waals surface area contributed by atoms with Crippen molar-refractivity contribution in [1.29, 1.82) is 0 Å². The van der Waals surface area contributed by atoms with Crippen molar-refractivity contribution in [1.82, 2.24) is 19.9 Å². The summed E-state index contributed by atoms with van der Waals surface area (Å²) in [5.74, 6) is -0.123. The van der Waals surface area contributed by atoms with Gasteiger partial charge in [0.1, 0.15) is 0 Å². The van der Waals surface area contributed by atoms with Gasteiger partial charge in [-0.15, -0.1) is 0 Å². The van der Waals surface area contributed by atoms with Crippen molar-refractivity contribution in [3.05, 3.63) is 47.5 Å². The van der Waals surface area contributed by atoms with Gasteiger partial charge < -0.3 is 15.7 Å². The molecule has 8 heteroatoms. The number of β-amino-alcohol motifs (C(OH)–C–C–N with tert-alkyl or cyclic N) is 1. The normalized spacial score (nSPS) is 20.0. The minimum atomic E-state index is -0.565. The number of hydrogen-bond acceptors (Lipinski definition) is 7. The number of carbonyl (C=O) groups excluding carboxylic acids is 1. The lowest BCUT2D eigenvalue weighted by molar-refractivity contribution is 0.0764. The third-order valence-corrected chi connectivity index (χ3v) is 5.56. The maximum Gasteiger partial charge on any atom is 0.254 e. The minimum Gasteiger partial charge on any atom is -0.391 e. The molecule has 0 spiro atoms. The smallest absolute Gasteiger partial charge is 0.254 e.